The second-order valence-electron chi connectivity index (χ2n) is 4.82. The van der Waals surface area contributed by atoms with Gasteiger partial charge in [-0.3, -0.25) is 0 Å². The molecule has 0 radical (unpaired) electrons. The Kier molecular flexibility index (Phi) is 2.69. The molecular weight excluding hydrogens is 146 g/mol. The normalized spacial score (nSPS) is 25.5. The molecule has 0 aliphatic heterocycles. The zero-order valence-electron chi connectivity index (χ0n) is 8.26. The number of hydrogen-bond acceptors (Lipinski definition) is 1. The van der Waals surface area contributed by atoms with E-state index in [0.717, 1.165) is 11.8 Å². The van der Waals surface area contributed by atoms with Crippen LogP contribution in [-0.2, 0) is 0 Å². The van der Waals surface area contributed by atoms with Crippen molar-refractivity contribution in [2.45, 2.75) is 38.5 Å². The monoisotopic (exact) mass is 167 g/mol. The van der Waals surface area contributed by atoms with Crippen LogP contribution in [0, 0.1) is 11.8 Å². The van der Waals surface area contributed by atoms with Gasteiger partial charge in [-0.05, 0) is 44.6 Å². The van der Waals surface area contributed by atoms with Crippen LogP contribution in [0.1, 0.15) is 38.5 Å². The molecule has 2 rings (SSSR count). The number of nitrogens with zero attached hydrogens (tertiary/aromatic N) is 1. The van der Waals surface area contributed by atoms with Crippen molar-refractivity contribution in [1.29, 1.82) is 0 Å². The molecule has 0 spiro atoms. The predicted octanol–water partition coefficient (Wildman–Crippen LogP) is 2.52. The molecule has 12 heavy (non-hydrogen) atoms. The van der Waals surface area contributed by atoms with E-state index < -0.39 is 0 Å². The summed E-state index contributed by atoms with van der Waals surface area (Å²) in [5.41, 5.74) is 0. The maximum Gasteiger partial charge on any atom is 0.000673 e. The fraction of sp³-hybridized carbons (Fsp3) is 1.00. The Morgan fingerprint density at radius 2 is 1.42 bits per heavy atom. The molecule has 0 aromatic heterocycles. The minimum absolute atomic E-state index is 1.04. The van der Waals surface area contributed by atoms with Crippen LogP contribution < -0.4 is 0 Å². The first-order valence-electron chi connectivity index (χ1n) is 5.53. The van der Waals surface area contributed by atoms with Gasteiger partial charge in [0.25, 0.3) is 0 Å². The summed E-state index contributed by atoms with van der Waals surface area (Å²) in [5.74, 6) is 2.10. The van der Waals surface area contributed by atoms with E-state index in [9.17, 15) is 0 Å². The van der Waals surface area contributed by atoms with Crippen molar-refractivity contribution in [2.24, 2.45) is 11.8 Å². The van der Waals surface area contributed by atoms with Crippen molar-refractivity contribution in [3.05, 3.63) is 0 Å². The first kappa shape index (κ1) is 8.55. The Labute approximate surface area is 76.1 Å². The Bertz CT molecular complexity index is 134. The largest absolute Gasteiger partial charge is 0.306 e. The summed E-state index contributed by atoms with van der Waals surface area (Å²) >= 11 is 0. The molecule has 0 aromatic carbocycles. The fourth-order valence-corrected chi connectivity index (χ4v) is 2.45. The molecular formula is C11H21N. The van der Waals surface area contributed by atoms with Gasteiger partial charge in [0.15, 0.2) is 0 Å². The second kappa shape index (κ2) is 3.78. The molecule has 1 heteroatoms. The van der Waals surface area contributed by atoms with E-state index in [0.29, 0.717) is 0 Å². The predicted molar refractivity (Wildman–Crippen MR) is 52.2 cm³/mol. The van der Waals surface area contributed by atoms with Crippen LogP contribution in [0.5, 0.6) is 0 Å². The molecule has 0 N–H and O–H groups in total. The summed E-state index contributed by atoms with van der Waals surface area (Å²) in [6.45, 7) is 2.74. The smallest absolute Gasteiger partial charge is 0.000673 e. The zero-order valence-corrected chi connectivity index (χ0v) is 8.26. The van der Waals surface area contributed by atoms with Crippen LogP contribution >= 0.6 is 0 Å². The minimum atomic E-state index is 1.04. The van der Waals surface area contributed by atoms with Crippen LogP contribution in [0.4, 0.5) is 0 Å². The summed E-state index contributed by atoms with van der Waals surface area (Å²) in [6.07, 6.45) is 8.96. The van der Waals surface area contributed by atoms with E-state index in [1.54, 1.807) is 0 Å². The lowest BCUT2D eigenvalue weighted by molar-refractivity contribution is 0.269. The summed E-state index contributed by atoms with van der Waals surface area (Å²) in [7, 11) is 2.30. The van der Waals surface area contributed by atoms with E-state index in [2.05, 4.69) is 11.9 Å². The van der Waals surface area contributed by atoms with Gasteiger partial charge in [0.05, 0.1) is 0 Å². The number of rotatable bonds is 4. The molecule has 0 heterocycles. The first-order chi connectivity index (χ1) is 5.84. The SMILES string of the molecule is CN(CC1CCCC1)CC1CC1. The standard InChI is InChI=1S/C11H21N/c1-12(9-11-6-7-11)8-10-4-2-3-5-10/h10-11H,2-9H2,1H3. The van der Waals surface area contributed by atoms with Crippen molar-refractivity contribution in [3.8, 4) is 0 Å². The molecule has 1 nitrogen and oxygen atoms in total. The van der Waals surface area contributed by atoms with Crippen molar-refractivity contribution in [2.75, 3.05) is 20.1 Å². The van der Waals surface area contributed by atoms with Crippen LogP contribution in [-0.4, -0.2) is 25.0 Å². The lowest BCUT2D eigenvalue weighted by Crippen LogP contribution is -2.26. The Morgan fingerprint density at radius 3 is 1.92 bits per heavy atom. The molecule has 0 saturated heterocycles. The van der Waals surface area contributed by atoms with Gasteiger partial charge in [0, 0.05) is 13.1 Å². The molecule has 2 aliphatic rings. The summed E-state index contributed by atoms with van der Waals surface area (Å²) in [6, 6.07) is 0. The van der Waals surface area contributed by atoms with Crippen LogP contribution in [0.2, 0.25) is 0 Å². The zero-order chi connectivity index (χ0) is 8.39. The molecule has 0 bridgehead atoms. The average Bonchev–Trinajstić information content (AvgIpc) is 2.66. The topological polar surface area (TPSA) is 3.24 Å². The van der Waals surface area contributed by atoms with Gasteiger partial charge >= 0.3 is 0 Å². The van der Waals surface area contributed by atoms with Gasteiger partial charge in [-0.1, -0.05) is 12.8 Å². The van der Waals surface area contributed by atoms with Crippen LogP contribution in [0.3, 0.4) is 0 Å². The van der Waals surface area contributed by atoms with Crippen molar-refractivity contribution in [1.82, 2.24) is 4.90 Å². The molecule has 0 amide bonds. The maximum atomic E-state index is 2.56. The molecule has 70 valence electrons. The Morgan fingerprint density at radius 1 is 0.917 bits per heavy atom. The number of hydrogen-bond donors (Lipinski definition) is 0. The molecule has 2 saturated carbocycles. The highest BCUT2D eigenvalue weighted by Gasteiger charge is 2.24. The quantitative estimate of drug-likeness (QED) is 0.622. The summed E-state index contributed by atoms with van der Waals surface area (Å²) in [4.78, 5) is 2.56. The highest BCUT2D eigenvalue weighted by Crippen LogP contribution is 2.31. The van der Waals surface area contributed by atoms with Crippen LogP contribution in [0.25, 0.3) is 0 Å². The van der Waals surface area contributed by atoms with Gasteiger partial charge in [-0.2, -0.15) is 0 Å². The van der Waals surface area contributed by atoms with Crippen molar-refractivity contribution in [3.63, 3.8) is 0 Å². The highest BCUT2D eigenvalue weighted by molar-refractivity contribution is 4.78. The lowest BCUT2D eigenvalue weighted by Gasteiger charge is -2.20. The van der Waals surface area contributed by atoms with E-state index in [1.165, 1.54) is 51.6 Å². The Balaban J connectivity index is 1.62. The maximum absolute atomic E-state index is 2.56. The van der Waals surface area contributed by atoms with Gasteiger partial charge < -0.3 is 4.90 Å². The third kappa shape index (κ3) is 2.48. The molecule has 0 atom stereocenters. The van der Waals surface area contributed by atoms with Gasteiger partial charge in [0.1, 0.15) is 0 Å². The summed E-state index contributed by atoms with van der Waals surface area (Å²) < 4.78 is 0. The van der Waals surface area contributed by atoms with Gasteiger partial charge in [-0.25, -0.2) is 0 Å². The van der Waals surface area contributed by atoms with E-state index >= 15 is 0 Å². The molecule has 2 aliphatic carbocycles. The third-order valence-electron chi connectivity index (χ3n) is 3.31. The second-order valence-corrected chi connectivity index (χ2v) is 4.82. The highest BCUT2D eigenvalue weighted by atomic mass is 15.1. The van der Waals surface area contributed by atoms with Crippen molar-refractivity contribution >= 4 is 0 Å². The van der Waals surface area contributed by atoms with Crippen LogP contribution in [0.15, 0.2) is 0 Å². The fourth-order valence-electron chi connectivity index (χ4n) is 2.45. The van der Waals surface area contributed by atoms with Gasteiger partial charge in [0.2, 0.25) is 0 Å². The van der Waals surface area contributed by atoms with Gasteiger partial charge in [-0.15, -0.1) is 0 Å². The van der Waals surface area contributed by atoms with E-state index in [-0.39, 0.29) is 0 Å². The molecule has 2 fully saturated rings. The van der Waals surface area contributed by atoms with E-state index in [1.807, 2.05) is 0 Å². The average molecular weight is 167 g/mol. The van der Waals surface area contributed by atoms with E-state index in [4.69, 9.17) is 0 Å². The molecule has 0 aromatic rings. The summed E-state index contributed by atoms with van der Waals surface area (Å²) in [5, 5.41) is 0. The molecule has 0 unspecified atom stereocenters. The lowest BCUT2D eigenvalue weighted by atomic mass is 10.1. The Hall–Kier alpha value is -0.0400. The first-order valence-corrected chi connectivity index (χ1v) is 5.53. The van der Waals surface area contributed by atoms with Crippen molar-refractivity contribution < 1.29 is 0 Å². The minimum Gasteiger partial charge on any atom is -0.306 e. The third-order valence-corrected chi connectivity index (χ3v) is 3.31.